The van der Waals surface area contributed by atoms with Gasteiger partial charge in [0.1, 0.15) is 11.6 Å². The van der Waals surface area contributed by atoms with E-state index in [0.717, 1.165) is 27.9 Å². The third-order valence-electron chi connectivity index (χ3n) is 3.49. The normalized spacial score (nSPS) is 10.9. The first-order valence-corrected chi connectivity index (χ1v) is 7.07. The summed E-state index contributed by atoms with van der Waals surface area (Å²) >= 11 is 0. The number of nitriles is 1. The largest absolute Gasteiger partial charge is 0.321 e. The van der Waals surface area contributed by atoms with Gasteiger partial charge in [-0.2, -0.15) is 5.26 Å². The van der Waals surface area contributed by atoms with E-state index < -0.39 is 0 Å². The molecule has 2 aromatic carbocycles. The highest BCUT2D eigenvalue weighted by atomic mass is 16.1. The second-order valence-corrected chi connectivity index (χ2v) is 5.30. The highest BCUT2D eigenvalue weighted by molar-refractivity contribution is 6.10. The number of anilines is 1. The molecule has 1 amide bonds. The third kappa shape index (κ3) is 3.62. The Labute approximate surface area is 130 Å². The molecule has 3 nitrogen and oxygen atoms in total. The maximum absolute atomic E-state index is 12.3. The van der Waals surface area contributed by atoms with Crippen molar-refractivity contribution in [1.82, 2.24) is 0 Å². The van der Waals surface area contributed by atoms with Gasteiger partial charge in [-0.25, -0.2) is 0 Å². The Morgan fingerprint density at radius 1 is 1.09 bits per heavy atom. The van der Waals surface area contributed by atoms with Gasteiger partial charge in [0.15, 0.2) is 0 Å². The lowest BCUT2D eigenvalue weighted by Gasteiger charge is -2.09. The number of amides is 1. The monoisotopic (exact) mass is 290 g/mol. The van der Waals surface area contributed by atoms with Gasteiger partial charge < -0.3 is 5.32 Å². The summed E-state index contributed by atoms with van der Waals surface area (Å²) in [6.45, 7) is 5.83. The van der Waals surface area contributed by atoms with Gasteiger partial charge in [-0.1, -0.05) is 36.4 Å². The van der Waals surface area contributed by atoms with Gasteiger partial charge in [-0.15, -0.1) is 0 Å². The van der Waals surface area contributed by atoms with Crippen LogP contribution in [-0.2, 0) is 4.79 Å². The minimum Gasteiger partial charge on any atom is -0.321 e. The van der Waals surface area contributed by atoms with Crippen molar-refractivity contribution in [2.75, 3.05) is 5.32 Å². The van der Waals surface area contributed by atoms with Gasteiger partial charge in [-0.05, 0) is 55.2 Å². The van der Waals surface area contributed by atoms with Gasteiger partial charge in [-0.3, -0.25) is 4.79 Å². The summed E-state index contributed by atoms with van der Waals surface area (Å²) in [6.07, 6.45) is 1.62. The molecular formula is C19H18N2O. The number of nitrogens with one attached hydrogen (secondary N) is 1. The van der Waals surface area contributed by atoms with E-state index in [1.54, 1.807) is 6.08 Å². The van der Waals surface area contributed by atoms with Crippen LogP contribution in [0.25, 0.3) is 6.08 Å². The molecule has 2 rings (SSSR count). The molecule has 0 bridgehead atoms. The summed E-state index contributed by atoms with van der Waals surface area (Å²) < 4.78 is 0. The van der Waals surface area contributed by atoms with E-state index in [0.29, 0.717) is 0 Å². The second-order valence-electron chi connectivity index (χ2n) is 5.30. The van der Waals surface area contributed by atoms with Crippen LogP contribution in [0.15, 0.2) is 48.0 Å². The van der Waals surface area contributed by atoms with Crippen molar-refractivity contribution in [2.45, 2.75) is 20.8 Å². The van der Waals surface area contributed by atoms with E-state index in [2.05, 4.69) is 5.32 Å². The Bertz CT molecular complexity index is 782. The molecule has 3 heteroatoms. The van der Waals surface area contributed by atoms with E-state index in [1.807, 2.05) is 69.3 Å². The standard InChI is InChI=1S/C19H18N2O/c1-13-8-9-15(3)18(10-13)21-19(22)17(12-20)11-16-7-5-4-6-14(16)2/h4-11H,1-3H3,(H,21,22)/b17-11-. The summed E-state index contributed by atoms with van der Waals surface area (Å²) in [5, 5.41) is 12.1. The predicted octanol–water partition coefficient (Wildman–Crippen LogP) is 4.16. The molecule has 0 aromatic heterocycles. The summed E-state index contributed by atoms with van der Waals surface area (Å²) in [6, 6.07) is 15.5. The van der Waals surface area contributed by atoms with Crippen LogP contribution < -0.4 is 5.32 Å². The molecule has 0 aliphatic carbocycles. The fourth-order valence-electron chi connectivity index (χ4n) is 2.11. The second kappa shape index (κ2) is 6.73. The van der Waals surface area contributed by atoms with Crippen molar-refractivity contribution in [3.05, 3.63) is 70.3 Å². The molecule has 0 radical (unpaired) electrons. The maximum atomic E-state index is 12.3. The quantitative estimate of drug-likeness (QED) is 0.681. The highest BCUT2D eigenvalue weighted by Crippen LogP contribution is 2.18. The van der Waals surface area contributed by atoms with E-state index >= 15 is 0 Å². The number of aryl methyl sites for hydroxylation is 3. The summed E-state index contributed by atoms with van der Waals surface area (Å²) in [5.74, 6) is -0.389. The Balaban J connectivity index is 2.29. The number of carbonyl (C=O) groups is 1. The molecule has 0 aliphatic heterocycles. The number of nitrogens with zero attached hydrogens (tertiary/aromatic N) is 1. The summed E-state index contributed by atoms with van der Waals surface area (Å²) in [4.78, 5) is 12.3. The molecule has 0 spiro atoms. The molecular weight excluding hydrogens is 272 g/mol. The molecule has 1 N–H and O–H groups in total. The van der Waals surface area contributed by atoms with Crippen molar-refractivity contribution >= 4 is 17.7 Å². The molecule has 2 aromatic rings. The zero-order chi connectivity index (χ0) is 16.1. The fourth-order valence-corrected chi connectivity index (χ4v) is 2.11. The SMILES string of the molecule is Cc1ccc(C)c(NC(=O)/C(C#N)=C\c2ccccc2C)c1. The first-order chi connectivity index (χ1) is 10.5. The fraction of sp³-hybridized carbons (Fsp3) is 0.158. The average Bonchev–Trinajstić information content (AvgIpc) is 2.50. The van der Waals surface area contributed by atoms with Crippen molar-refractivity contribution in [1.29, 1.82) is 5.26 Å². The van der Waals surface area contributed by atoms with Crippen LogP contribution >= 0.6 is 0 Å². The topological polar surface area (TPSA) is 52.9 Å². The lowest BCUT2D eigenvalue weighted by atomic mass is 10.1. The average molecular weight is 290 g/mol. The van der Waals surface area contributed by atoms with Gasteiger partial charge in [0.2, 0.25) is 0 Å². The zero-order valence-corrected chi connectivity index (χ0v) is 13.0. The predicted molar refractivity (Wildman–Crippen MR) is 89.3 cm³/mol. The van der Waals surface area contributed by atoms with Crippen LogP contribution in [0.3, 0.4) is 0 Å². The molecule has 110 valence electrons. The molecule has 0 aliphatic rings. The first kappa shape index (κ1) is 15.5. The van der Waals surface area contributed by atoms with Crippen molar-refractivity contribution in [3.63, 3.8) is 0 Å². The van der Waals surface area contributed by atoms with Crippen molar-refractivity contribution < 1.29 is 4.79 Å². The van der Waals surface area contributed by atoms with E-state index in [-0.39, 0.29) is 11.5 Å². The molecule has 0 atom stereocenters. The number of hydrogen-bond donors (Lipinski definition) is 1. The van der Waals surface area contributed by atoms with Crippen LogP contribution in [0.1, 0.15) is 22.3 Å². The lowest BCUT2D eigenvalue weighted by molar-refractivity contribution is -0.112. The molecule has 0 unspecified atom stereocenters. The van der Waals surface area contributed by atoms with E-state index in [1.165, 1.54) is 0 Å². The van der Waals surface area contributed by atoms with E-state index in [4.69, 9.17) is 0 Å². The minimum atomic E-state index is -0.389. The molecule has 0 saturated heterocycles. The van der Waals surface area contributed by atoms with Crippen LogP contribution in [0.5, 0.6) is 0 Å². The number of carbonyl (C=O) groups excluding carboxylic acids is 1. The summed E-state index contributed by atoms with van der Waals surface area (Å²) in [7, 11) is 0. The van der Waals surface area contributed by atoms with Crippen molar-refractivity contribution in [2.24, 2.45) is 0 Å². The van der Waals surface area contributed by atoms with Gasteiger partial charge in [0, 0.05) is 5.69 Å². The van der Waals surface area contributed by atoms with Gasteiger partial charge >= 0.3 is 0 Å². The van der Waals surface area contributed by atoms with Crippen LogP contribution in [0.2, 0.25) is 0 Å². The third-order valence-corrected chi connectivity index (χ3v) is 3.49. The Hall–Kier alpha value is -2.86. The van der Waals surface area contributed by atoms with Gasteiger partial charge in [0.25, 0.3) is 5.91 Å². The number of benzene rings is 2. The van der Waals surface area contributed by atoms with E-state index in [9.17, 15) is 10.1 Å². The molecule has 0 heterocycles. The lowest BCUT2D eigenvalue weighted by Crippen LogP contribution is -2.14. The molecule has 0 saturated carbocycles. The molecule has 0 fully saturated rings. The Kier molecular flexibility index (Phi) is 4.75. The minimum absolute atomic E-state index is 0.0928. The Morgan fingerprint density at radius 2 is 1.82 bits per heavy atom. The Morgan fingerprint density at radius 3 is 2.50 bits per heavy atom. The summed E-state index contributed by atoms with van der Waals surface area (Å²) in [5.41, 5.74) is 4.74. The van der Waals surface area contributed by atoms with Crippen LogP contribution in [-0.4, -0.2) is 5.91 Å². The number of rotatable bonds is 3. The smallest absolute Gasteiger partial charge is 0.266 e. The molecule has 22 heavy (non-hydrogen) atoms. The maximum Gasteiger partial charge on any atom is 0.266 e. The highest BCUT2D eigenvalue weighted by Gasteiger charge is 2.11. The zero-order valence-electron chi connectivity index (χ0n) is 13.0. The van der Waals surface area contributed by atoms with Crippen LogP contribution in [0, 0.1) is 32.1 Å². The first-order valence-electron chi connectivity index (χ1n) is 7.07. The van der Waals surface area contributed by atoms with Gasteiger partial charge in [0.05, 0.1) is 0 Å². The number of hydrogen-bond acceptors (Lipinski definition) is 2. The van der Waals surface area contributed by atoms with Crippen molar-refractivity contribution in [3.8, 4) is 6.07 Å². The van der Waals surface area contributed by atoms with Crippen LogP contribution in [0.4, 0.5) is 5.69 Å².